The van der Waals surface area contributed by atoms with E-state index in [0.29, 0.717) is 11.9 Å². The number of unbranched alkanes of at least 4 members (excludes halogenated alkanes) is 1. The molecule has 0 aliphatic heterocycles. The zero-order valence-electron chi connectivity index (χ0n) is 12.3. The molecule has 2 heterocycles. The standard InChI is InChI=1S/C14H23ClN4/c1-5-7-8-10(3)19-12(9-15)16-13-11(4)17-18(6-2)14(13)19/h10H,5-9H2,1-4H3. The van der Waals surface area contributed by atoms with Crippen LogP contribution in [0, 0.1) is 6.92 Å². The summed E-state index contributed by atoms with van der Waals surface area (Å²) in [6, 6.07) is 0.417. The van der Waals surface area contributed by atoms with Gasteiger partial charge in [-0.1, -0.05) is 19.8 Å². The van der Waals surface area contributed by atoms with Crippen LogP contribution in [0.3, 0.4) is 0 Å². The molecule has 0 saturated heterocycles. The molecule has 0 radical (unpaired) electrons. The molecule has 5 heteroatoms. The Labute approximate surface area is 119 Å². The summed E-state index contributed by atoms with van der Waals surface area (Å²) in [5.41, 5.74) is 3.12. The van der Waals surface area contributed by atoms with E-state index in [1.165, 1.54) is 12.8 Å². The largest absolute Gasteiger partial charge is 0.309 e. The van der Waals surface area contributed by atoms with Gasteiger partial charge in [-0.3, -0.25) is 0 Å². The van der Waals surface area contributed by atoms with Crippen LogP contribution < -0.4 is 0 Å². The number of imidazole rings is 1. The quantitative estimate of drug-likeness (QED) is 0.749. The van der Waals surface area contributed by atoms with E-state index in [1.807, 2.05) is 11.6 Å². The highest BCUT2D eigenvalue weighted by Gasteiger charge is 2.20. The zero-order chi connectivity index (χ0) is 14.0. The second-order valence-corrected chi connectivity index (χ2v) is 5.36. The minimum atomic E-state index is 0.417. The Morgan fingerprint density at radius 2 is 2.05 bits per heavy atom. The molecule has 0 fully saturated rings. The summed E-state index contributed by atoms with van der Waals surface area (Å²) in [6.07, 6.45) is 3.59. The highest BCUT2D eigenvalue weighted by atomic mass is 35.5. The number of hydrogen-bond acceptors (Lipinski definition) is 2. The lowest BCUT2D eigenvalue weighted by molar-refractivity contribution is 0.474. The summed E-state index contributed by atoms with van der Waals surface area (Å²) in [5.74, 6) is 1.41. The Morgan fingerprint density at radius 3 is 2.63 bits per heavy atom. The van der Waals surface area contributed by atoms with Gasteiger partial charge in [-0.2, -0.15) is 5.10 Å². The summed E-state index contributed by atoms with van der Waals surface area (Å²) < 4.78 is 4.32. The number of nitrogens with zero attached hydrogens (tertiary/aromatic N) is 4. The molecule has 0 amide bonds. The van der Waals surface area contributed by atoms with E-state index in [2.05, 4.69) is 35.4 Å². The van der Waals surface area contributed by atoms with Gasteiger partial charge in [-0.25, -0.2) is 9.67 Å². The molecular formula is C14H23ClN4. The predicted molar refractivity (Wildman–Crippen MR) is 79.7 cm³/mol. The molecule has 2 rings (SSSR count). The van der Waals surface area contributed by atoms with Crippen LogP contribution in [0.2, 0.25) is 0 Å². The van der Waals surface area contributed by atoms with Crippen LogP contribution >= 0.6 is 11.6 Å². The van der Waals surface area contributed by atoms with E-state index < -0.39 is 0 Å². The van der Waals surface area contributed by atoms with E-state index in [-0.39, 0.29) is 0 Å². The van der Waals surface area contributed by atoms with Crippen LogP contribution in [-0.2, 0) is 12.4 Å². The maximum atomic E-state index is 6.07. The maximum absolute atomic E-state index is 6.07. The van der Waals surface area contributed by atoms with Crippen molar-refractivity contribution < 1.29 is 0 Å². The van der Waals surface area contributed by atoms with Crippen molar-refractivity contribution in [1.29, 1.82) is 0 Å². The highest BCUT2D eigenvalue weighted by Crippen LogP contribution is 2.27. The minimum absolute atomic E-state index is 0.417. The van der Waals surface area contributed by atoms with Crippen LogP contribution in [0.1, 0.15) is 57.6 Å². The van der Waals surface area contributed by atoms with E-state index in [9.17, 15) is 0 Å². The molecule has 4 nitrogen and oxygen atoms in total. The summed E-state index contributed by atoms with van der Waals surface area (Å²) in [5, 5.41) is 4.56. The molecule has 0 N–H and O–H groups in total. The van der Waals surface area contributed by atoms with Gasteiger partial charge in [0.1, 0.15) is 11.3 Å². The Kier molecular flexibility index (Phi) is 4.50. The SMILES string of the molecule is CCCCC(C)n1c(CCl)nc2c(C)nn(CC)c21. The molecule has 0 bridgehead atoms. The van der Waals surface area contributed by atoms with Crippen LogP contribution in [-0.4, -0.2) is 19.3 Å². The number of halogens is 1. The summed E-state index contributed by atoms with van der Waals surface area (Å²) in [4.78, 5) is 4.68. The monoisotopic (exact) mass is 282 g/mol. The van der Waals surface area contributed by atoms with Crippen LogP contribution in [0.15, 0.2) is 0 Å². The van der Waals surface area contributed by atoms with Crippen molar-refractivity contribution in [3.8, 4) is 0 Å². The molecule has 0 spiro atoms. The summed E-state index contributed by atoms with van der Waals surface area (Å²) in [6.45, 7) is 9.45. The molecule has 2 aromatic heterocycles. The van der Waals surface area contributed by atoms with Crippen molar-refractivity contribution in [3.63, 3.8) is 0 Å². The lowest BCUT2D eigenvalue weighted by Gasteiger charge is -2.17. The minimum Gasteiger partial charge on any atom is -0.309 e. The fraction of sp³-hybridized carbons (Fsp3) is 0.714. The van der Waals surface area contributed by atoms with Gasteiger partial charge in [-0.15, -0.1) is 11.6 Å². The van der Waals surface area contributed by atoms with Crippen LogP contribution in [0.25, 0.3) is 11.2 Å². The first kappa shape index (κ1) is 14.4. The van der Waals surface area contributed by atoms with Crippen molar-refractivity contribution in [2.24, 2.45) is 0 Å². The van der Waals surface area contributed by atoms with E-state index in [4.69, 9.17) is 11.6 Å². The second kappa shape index (κ2) is 5.95. The smallest absolute Gasteiger partial charge is 0.159 e. The van der Waals surface area contributed by atoms with Gasteiger partial charge < -0.3 is 4.57 Å². The Bertz CT molecular complexity index is 555. The van der Waals surface area contributed by atoms with Crippen LogP contribution in [0.5, 0.6) is 0 Å². The average molecular weight is 283 g/mol. The Balaban J connectivity index is 2.55. The van der Waals surface area contributed by atoms with E-state index in [0.717, 1.165) is 35.6 Å². The van der Waals surface area contributed by atoms with Crippen molar-refractivity contribution in [2.45, 2.75) is 65.4 Å². The first-order chi connectivity index (χ1) is 9.13. The van der Waals surface area contributed by atoms with Gasteiger partial charge in [-0.05, 0) is 27.2 Å². The molecule has 19 heavy (non-hydrogen) atoms. The predicted octanol–water partition coefficient (Wildman–Crippen LogP) is 4.05. The van der Waals surface area contributed by atoms with Gasteiger partial charge in [0, 0.05) is 12.6 Å². The molecule has 0 aliphatic rings. The fourth-order valence-electron chi connectivity index (χ4n) is 2.64. The number of aromatic nitrogens is 4. The molecule has 106 valence electrons. The van der Waals surface area contributed by atoms with Gasteiger partial charge in [0.15, 0.2) is 5.65 Å². The highest BCUT2D eigenvalue weighted by molar-refractivity contribution is 6.16. The summed E-state index contributed by atoms with van der Waals surface area (Å²) >= 11 is 6.07. The Hall–Kier alpha value is -1.03. The third-order valence-corrected chi connectivity index (χ3v) is 3.89. The van der Waals surface area contributed by atoms with E-state index in [1.54, 1.807) is 0 Å². The third kappa shape index (κ3) is 2.50. The zero-order valence-corrected chi connectivity index (χ0v) is 13.0. The topological polar surface area (TPSA) is 35.6 Å². The molecular weight excluding hydrogens is 260 g/mol. The second-order valence-electron chi connectivity index (χ2n) is 5.10. The normalized spacial score (nSPS) is 13.3. The molecule has 1 unspecified atom stereocenters. The molecule has 0 saturated carbocycles. The Morgan fingerprint density at radius 1 is 1.32 bits per heavy atom. The number of fused-ring (bicyclic) bond motifs is 1. The van der Waals surface area contributed by atoms with Gasteiger partial charge >= 0.3 is 0 Å². The molecule has 0 aliphatic carbocycles. The van der Waals surface area contributed by atoms with Gasteiger partial charge in [0.05, 0.1) is 11.6 Å². The maximum Gasteiger partial charge on any atom is 0.159 e. The lowest BCUT2D eigenvalue weighted by Crippen LogP contribution is -2.12. The van der Waals surface area contributed by atoms with E-state index >= 15 is 0 Å². The van der Waals surface area contributed by atoms with Crippen molar-refractivity contribution in [2.75, 3.05) is 0 Å². The molecule has 1 atom stereocenters. The van der Waals surface area contributed by atoms with Crippen molar-refractivity contribution in [3.05, 3.63) is 11.5 Å². The number of aryl methyl sites for hydroxylation is 2. The number of alkyl halides is 1. The summed E-state index contributed by atoms with van der Waals surface area (Å²) in [7, 11) is 0. The first-order valence-electron chi connectivity index (χ1n) is 7.14. The van der Waals surface area contributed by atoms with Gasteiger partial charge in [0.25, 0.3) is 0 Å². The molecule has 0 aromatic carbocycles. The average Bonchev–Trinajstić information content (AvgIpc) is 2.93. The molecule has 2 aromatic rings. The number of rotatable bonds is 6. The van der Waals surface area contributed by atoms with Crippen molar-refractivity contribution >= 4 is 22.8 Å². The third-order valence-electron chi connectivity index (χ3n) is 3.65. The lowest BCUT2D eigenvalue weighted by atomic mass is 10.1. The fourth-order valence-corrected chi connectivity index (χ4v) is 2.83. The van der Waals surface area contributed by atoms with Crippen LogP contribution in [0.4, 0.5) is 0 Å². The van der Waals surface area contributed by atoms with Gasteiger partial charge in [0.2, 0.25) is 0 Å². The van der Waals surface area contributed by atoms with Crippen molar-refractivity contribution in [1.82, 2.24) is 19.3 Å². The first-order valence-corrected chi connectivity index (χ1v) is 7.67. The number of hydrogen-bond donors (Lipinski definition) is 0.